The van der Waals surface area contributed by atoms with Gasteiger partial charge in [-0.1, -0.05) is 34.1 Å². The standard InChI is InChI=1S/C18H19BrN4O/c1-11-9-14(16-12(2)21-23(4)17(16)20-11)18(24)22(3)10-13-7-5-6-8-15(13)19/h5-9H,10H2,1-4H3. The van der Waals surface area contributed by atoms with Crippen LogP contribution >= 0.6 is 15.9 Å². The minimum Gasteiger partial charge on any atom is -0.337 e. The highest BCUT2D eigenvalue weighted by Gasteiger charge is 2.20. The largest absolute Gasteiger partial charge is 0.337 e. The summed E-state index contributed by atoms with van der Waals surface area (Å²) in [7, 11) is 3.66. The lowest BCUT2D eigenvalue weighted by Gasteiger charge is -2.19. The van der Waals surface area contributed by atoms with Crippen LogP contribution in [0.1, 0.15) is 27.3 Å². The lowest BCUT2D eigenvalue weighted by Crippen LogP contribution is -2.26. The van der Waals surface area contributed by atoms with Crippen molar-refractivity contribution in [1.82, 2.24) is 19.7 Å². The highest BCUT2D eigenvalue weighted by Crippen LogP contribution is 2.24. The highest BCUT2D eigenvalue weighted by molar-refractivity contribution is 9.10. The van der Waals surface area contributed by atoms with Crippen molar-refractivity contribution in [3.63, 3.8) is 0 Å². The molecule has 124 valence electrons. The zero-order valence-electron chi connectivity index (χ0n) is 14.2. The van der Waals surface area contributed by atoms with Crippen molar-refractivity contribution in [1.29, 1.82) is 0 Å². The maximum atomic E-state index is 13.0. The van der Waals surface area contributed by atoms with Crippen molar-refractivity contribution in [2.75, 3.05) is 7.05 Å². The molecule has 0 aliphatic heterocycles. The van der Waals surface area contributed by atoms with Gasteiger partial charge in [0.2, 0.25) is 0 Å². The van der Waals surface area contributed by atoms with Crippen LogP contribution in [0.2, 0.25) is 0 Å². The summed E-state index contributed by atoms with van der Waals surface area (Å²) in [5, 5.41) is 5.23. The Bertz CT molecular complexity index is 932. The predicted octanol–water partition coefficient (Wildman–Crippen LogP) is 3.62. The summed E-state index contributed by atoms with van der Waals surface area (Å²) in [5.41, 5.74) is 4.09. The molecule has 0 fully saturated rings. The summed E-state index contributed by atoms with van der Waals surface area (Å²) < 4.78 is 2.72. The van der Waals surface area contributed by atoms with E-state index in [0.29, 0.717) is 12.1 Å². The molecule has 0 unspecified atom stereocenters. The molecule has 0 saturated carbocycles. The van der Waals surface area contributed by atoms with Crippen LogP contribution in [-0.4, -0.2) is 32.6 Å². The highest BCUT2D eigenvalue weighted by atomic mass is 79.9. The molecule has 6 heteroatoms. The number of nitrogens with zero attached hydrogens (tertiary/aromatic N) is 4. The second-order valence-electron chi connectivity index (χ2n) is 5.97. The van der Waals surface area contributed by atoms with Crippen LogP contribution in [0.25, 0.3) is 11.0 Å². The zero-order valence-corrected chi connectivity index (χ0v) is 15.8. The first-order valence-electron chi connectivity index (χ1n) is 7.68. The van der Waals surface area contributed by atoms with Crippen LogP contribution in [0.5, 0.6) is 0 Å². The minimum atomic E-state index is -0.0302. The summed E-state index contributed by atoms with van der Waals surface area (Å²) >= 11 is 3.54. The Hall–Kier alpha value is -2.21. The Labute approximate surface area is 149 Å². The van der Waals surface area contributed by atoms with E-state index >= 15 is 0 Å². The number of fused-ring (bicyclic) bond motifs is 1. The fraction of sp³-hybridized carbons (Fsp3) is 0.278. The van der Waals surface area contributed by atoms with Crippen LogP contribution in [0.3, 0.4) is 0 Å². The van der Waals surface area contributed by atoms with Gasteiger partial charge < -0.3 is 4.90 Å². The maximum Gasteiger partial charge on any atom is 0.254 e. The molecular weight excluding hydrogens is 368 g/mol. The third-order valence-electron chi connectivity index (χ3n) is 4.04. The van der Waals surface area contributed by atoms with Crippen molar-refractivity contribution in [2.24, 2.45) is 7.05 Å². The number of pyridine rings is 1. The fourth-order valence-corrected chi connectivity index (χ4v) is 3.31. The topological polar surface area (TPSA) is 51.0 Å². The van der Waals surface area contributed by atoms with E-state index in [1.165, 1.54) is 0 Å². The number of carbonyl (C=O) groups is 1. The molecule has 2 aromatic heterocycles. The Kier molecular flexibility index (Phi) is 4.41. The maximum absolute atomic E-state index is 13.0. The number of benzene rings is 1. The van der Waals surface area contributed by atoms with E-state index in [-0.39, 0.29) is 5.91 Å². The second-order valence-corrected chi connectivity index (χ2v) is 6.83. The first-order valence-corrected chi connectivity index (χ1v) is 8.47. The van der Waals surface area contributed by atoms with Crippen LogP contribution < -0.4 is 0 Å². The molecule has 0 spiro atoms. The van der Waals surface area contributed by atoms with Gasteiger partial charge in [-0.15, -0.1) is 0 Å². The Morgan fingerprint density at radius 2 is 2.00 bits per heavy atom. The average Bonchev–Trinajstić information content (AvgIpc) is 2.82. The summed E-state index contributed by atoms with van der Waals surface area (Å²) in [4.78, 5) is 19.3. The lowest BCUT2D eigenvalue weighted by atomic mass is 10.1. The number of rotatable bonds is 3. The molecule has 3 aromatic rings. The van der Waals surface area contributed by atoms with Gasteiger partial charge in [0.25, 0.3) is 5.91 Å². The molecule has 3 rings (SSSR count). The third kappa shape index (κ3) is 2.94. The number of aryl methyl sites for hydroxylation is 3. The quantitative estimate of drug-likeness (QED) is 0.690. The van der Waals surface area contributed by atoms with Gasteiger partial charge in [-0.2, -0.15) is 5.10 Å². The predicted molar refractivity (Wildman–Crippen MR) is 97.9 cm³/mol. The van der Waals surface area contributed by atoms with Gasteiger partial charge in [-0.25, -0.2) is 4.98 Å². The van der Waals surface area contributed by atoms with E-state index in [1.807, 2.05) is 58.3 Å². The first kappa shape index (κ1) is 16.6. The molecule has 1 aromatic carbocycles. The van der Waals surface area contributed by atoms with Gasteiger partial charge in [0.15, 0.2) is 5.65 Å². The minimum absolute atomic E-state index is 0.0302. The van der Waals surface area contributed by atoms with Crippen molar-refractivity contribution in [2.45, 2.75) is 20.4 Å². The molecule has 24 heavy (non-hydrogen) atoms. The van der Waals surface area contributed by atoms with E-state index < -0.39 is 0 Å². The monoisotopic (exact) mass is 386 g/mol. The first-order chi connectivity index (χ1) is 11.4. The molecule has 0 N–H and O–H groups in total. The molecule has 0 aliphatic carbocycles. The summed E-state index contributed by atoms with van der Waals surface area (Å²) in [6.07, 6.45) is 0. The molecule has 1 amide bonds. The van der Waals surface area contributed by atoms with Gasteiger partial charge in [0, 0.05) is 30.8 Å². The van der Waals surface area contributed by atoms with Gasteiger partial charge in [-0.05, 0) is 31.5 Å². The van der Waals surface area contributed by atoms with Gasteiger partial charge in [-0.3, -0.25) is 9.48 Å². The molecule has 2 heterocycles. The van der Waals surface area contributed by atoms with Crippen molar-refractivity contribution in [3.8, 4) is 0 Å². The molecule has 5 nitrogen and oxygen atoms in total. The lowest BCUT2D eigenvalue weighted by molar-refractivity contribution is 0.0786. The SMILES string of the molecule is Cc1cc(C(=O)N(C)Cc2ccccc2Br)c2c(C)nn(C)c2n1. The van der Waals surface area contributed by atoms with Crippen molar-refractivity contribution < 1.29 is 4.79 Å². The number of aromatic nitrogens is 3. The van der Waals surface area contributed by atoms with Gasteiger partial charge in [0.05, 0.1) is 16.6 Å². The Morgan fingerprint density at radius 3 is 2.71 bits per heavy atom. The van der Waals surface area contributed by atoms with Crippen LogP contribution in [0.4, 0.5) is 0 Å². The van der Waals surface area contributed by atoms with E-state index in [9.17, 15) is 4.79 Å². The molecule has 0 bridgehead atoms. The zero-order chi connectivity index (χ0) is 17.4. The number of halogens is 1. The number of hydrogen-bond acceptors (Lipinski definition) is 3. The van der Waals surface area contributed by atoms with E-state index in [1.54, 1.807) is 9.58 Å². The smallest absolute Gasteiger partial charge is 0.254 e. The van der Waals surface area contributed by atoms with E-state index in [4.69, 9.17) is 0 Å². The molecule has 0 saturated heterocycles. The van der Waals surface area contributed by atoms with Gasteiger partial charge >= 0.3 is 0 Å². The van der Waals surface area contributed by atoms with Crippen LogP contribution in [0.15, 0.2) is 34.8 Å². The van der Waals surface area contributed by atoms with E-state index in [2.05, 4.69) is 26.0 Å². The molecule has 0 radical (unpaired) electrons. The number of amides is 1. The summed E-state index contributed by atoms with van der Waals surface area (Å²) in [6.45, 7) is 4.33. The Balaban J connectivity index is 2.01. The third-order valence-corrected chi connectivity index (χ3v) is 4.81. The molecule has 0 aliphatic rings. The average molecular weight is 387 g/mol. The number of hydrogen-bond donors (Lipinski definition) is 0. The molecule has 0 atom stereocenters. The fourth-order valence-electron chi connectivity index (χ4n) is 2.90. The summed E-state index contributed by atoms with van der Waals surface area (Å²) in [6, 6.07) is 9.77. The van der Waals surface area contributed by atoms with E-state index in [0.717, 1.165) is 32.5 Å². The second kappa shape index (κ2) is 6.36. The number of carbonyl (C=O) groups excluding carboxylic acids is 1. The summed E-state index contributed by atoms with van der Waals surface area (Å²) in [5.74, 6) is -0.0302. The van der Waals surface area contributed by atoms with Crippen molar-refractivity contribution in [3.05, 3.63) is 57.3 Å². The Morgan fingerprint density at radius 1 is 1.29 bits per heavy atom. The van der Waals surface area contributed by atoms with Crippen molar-refractivity contribution >= 4 is 32.9 Å². The van der Waals surface area contributed by atoms with Crippen LogP contribution in [-0.2, 0) is 13.6 Å². The molecular formula is C18H19BrN4O. The van der Waals surface area contributed by atoms with Crippen LogP contribution in [0, 0.1) is 13.8 Å². The normalized spacial score (nSPS) is 11.0. The van der Waals surface area contributed by atoms with Gasteiger partial charge in [0.1, 0.15) is 0 Å².